The molecule has 0 unspecified atom stereocenters. The van der Waals surface area contributed by atoms with E-state index >= 15 is 0 Å². The van der Waals surface area contributed by atoms with E-state index in [2.05, 4.69) is 0 Å². The molecule has 4 aromatic rings. The van der Waals surface area contributed by atoms with Crippen LogP contribution in [-0.4, -0.2) is 26.2 Å². The molecule has 0 saturated heterocycles. The number of methoxy groups -OCH3 is 2. The van der Waals surface area contributed by atoms with Crippen LogP contribution in [0.2, 0.25) is 0 Å². The maximum Gasteiger partial charge on any atom is 0.339 e. The average molecular weight is 597 g/mol. The molecule has 0 bridgehead atoms. The van der Waals surface area contributed by atoms with Gasteiger partial charge in [0.05, 0.1) is 25.3 Å². The number of hydrogen-bond acceptors (Lipinski definition) is 8. The standard InChI is InChI=1S/2C18H18O4/c2*1-18(2)14-10-16(21-11-12-7-5-4-6-8-12)15(20-3)9-13(14)17(19)22-18/h2*4-10H,11H2,1-3H3. The van der Waals surface area contributed by atoms with Crippen molar-refractivity contribution in [3.63, 3.8) is 0 Å². The fourth-order valence-corrected chi connectivity index (χ4v) is 5.15. The van der Waals surface area contributed by atoms with Crippen molar-refractivity contribution in [1.29, 1.82) is 0 Å². The summed E-state index contributed by atoms with van der Waals surface area (Å²) < 4.78 is 33.2. The summed E-state index contributed by atoms with van der Waals surface area (Å²) in [4.78, 5) is 23.8. The third-order valence-corrected chi connectivity index (χ3v) is 7.51. The van der Waals surface area contributed by atoms with Crippen LogP contribution in [0.4, 0.5) is 0 Å². The molecule has 0 spiro atoms. The SMILES string of the molecule is COc1cc2c(cc1OCc1ccccc1)C(C)(C)OC2=O.COc1cc2c(cc1OCc1ccccc1)C(C)(C)OC2=O. The van der Waals surface area contributed by atoms with Crippen molar-refractivity contribution >= 4 is 11.9 Å². The molecule has 6 rings (SSSR count). The zero-order valence-corrected chi connectivity index (χ0v) is 25.8. The van der Waals surface area contributed by atoms with Crippen molar-refractivity contribution in [2.45, 2.75) is 52.1 Å². The van der Waals surface area contributed by atoms with Crippen LogP contribution in [0.1, 0.15) is 70.7 Å². The van der Waals surface area contributed by atoms with Crippen LogP contribution in [0.15, 0.2) is 84.9 Å². The van der Waals surface area contributed by atoms with Crippen LogP contribution in [0.3, 0.4) is 0 Å². The number of carbonyl (C=O) groups is 2. The highest BCUT2D eigenvalue weighted by atomic mass is 16.6. The molecule has 0 radical (unpaired) electrons. The summed E-state index contributed by atoms with van der Waals surface area (Å²) in [6, 6.07) is 26.8. The Morgan fingerprint density at radius 2 is 0.909 bits per heavy atom. The van der Waals surface area contributed by atoms with Crippen molar-refractivity contribution in [2.24, 2.45) is 0 Å². The van der Waals surface area contributed by atoms with Gasteiger partial charge in [-0.2, -0.15) is 0 Å². The minimum Gasteiger partial charge on any atom is -0.493 e. The molecular formula is C36H36O8. The van der Waals surface area contributed by atoms with Gasteiger partial charge in [0.25, 0.3) is 0 Å². The monoisotopic (exact) mass is 596 g/mol. The van der Waals surface area contributed by atoms with Gasteiger partial charge in [-0.1, -0.05) is 60.7 Å². The zero-order valence-electron chi connectivity index (χ0n) is 25.8. The highest BCUT2D eigenvalue weighted by Crippen LogP contribution is 2.43. The van der Waals surface area contributed by atoms with Crippen molar-refractivity contribution in [3.05, 3.63) is 118 Å². The molecule has 2 heterocycles. The van der Waals surface area contributed by atoms with Gasteiger partial charge in [0, 0.05) is 11.1 Å². The second-order valence-electron chi connectivity index (χ2n) is 11.4. The predicted molar refractivity (Wildman–Crippen MR) is 164 cm³/mol. The van der Waals surface area contributed by atoms with E-state index in [1.807, 2.05) is 100 Å². The summed E-state index contributed by atoms with van der Waals surface area (Å²) in [5.41, 5.74) is 3.55. The number of esters is 2. The van der Waals surface area contributed by atoms with E-state index in [0.29, 0.717) is 47.3 Å². The Bertz CT molecular complexity index is 1530. The van der Waals surface area contributed by atoms with Gasteiger partial charge >= 0.3 is 11.9 Å². The number of hydrogen-bond donors (Lipinski definition) is 0. The van der Waals surface area contributed by atoms with E-state index in [4.69, 9.17) is 28.4 Å². The first-order valence-electron chi connectivity index (χ1n) is 14.3. The smallest absolute Gasteiger partial charge is 0.339 e. The molecule has 0 aliphatic carbocycles. The second kappa shape index (κ2) is 12.3. The Morgan fingerprint density at radius 1 is 0.545 bits per heavy atom. The van der Waals surface area contributed by atoms with Gasteiger partial charge in [-0.25, -0.2) is 9.59 Å². The molecule has 0 N–H and O–H groups in total. The first kappa shape index (κ1) is 30.5. The zero-order chi connectivity index (χ0) is 31.5. The third kappa shape index (κ3) is 6.34. The second-order valence-corrected chi connectivity index (χ2v) is 11.4. The van der Waals surface area contributed by atoms with Gasteiger partial charge in [-0.05, 0) is 63.1 Å². The van der Waals surface area contributed by atoms with Crippen LogP contribution in [-0.2, 0) is 33.9 Å². The molecule has 4 aromatic carbocycles. The molecule has 0 amide bonds. The summed E-state index contributed by atoms with van der Waals surface area (Å²) in [7, 11) is 3.12. The lowest BCUT2D eigenvalue weighted by atomic mass is 9.95. The maximum absolute atomic E-state index is 11.9. The van der Waals surface area contributed by atoms with E-state index in [1.54, 1.807) is 26.4 Å². The van der Waals surface area contributed by atoms with E-state index in [-0.39, 0.29) is 11.9 Å². The molecule has 0 atom stereocenters. The molecular weight excluding hydrogens is 560 g/mol. The Labute approximate surface area is 257 Å². The summed E-state index contributed by atoms with van der Waals surface area (Å²) in [5, 5.41) is 0. The van der Waals surface area contributed by atoms with Crippen LogP contribution >= 0.6 is 0 Å². The number of benzene rings is 4. The van der Waals surface area contributed by atoms with Crippen molar-refractivity contribution in [3.8, 4) is 23.0 Å². The molecule has 2 aliphatic rings. The minimum absolute atomic E-state index is 0.326. The largest absolute Gasteiger partial charge is 0.493 e. The summed E-state index contributed by atoms with van der Waals surface area (Å²) in [6.45, 7) is 8.33. The quantitative estimate of drug-likeness (QED) is 0.195. The molecule has 0 aromatic heterocycles. The van der Waals surface area contributed by atoms with Crippen LogP contribution in [0.5, 0.6) is 23.0 Å². The highest BCUT2D eigenvalue weighted by molar-refractivity contribution is 5.96. The topological polar surface area (TPSA) is 89.5 Å². The molecule has 0 fully saturated rings. The summed E-state index contributed by atoms with van der Waals surface area (Å²) in [6.07, 6.45) is 0. The molecule has 44 heavy (non-hydrogen) atoms. The number of carbonyl (C=O) groups excluding carboxylic acids is 2. The van der Waals surface area contributed by atoms with Gasteiger partial charge in [0.1, 0.15) is 24.4 Å². The number of cyclic esters (lactones) is 2. The van der Waals surface area contributed by atoms with Gasteiger partial charge in [-0.15, -0.1) is 0 Å². The highest BCUT2D eigenvalue weighted by Gasteiger charge is 2.40. The Hall–Kier alpha value is -4.98. The van der Waals surface area contributed by atoms with E-state index in [9.17, 15) is 9.59 Å². The Morgan fingerprint density at radius 3 is 1.25 bits per heavy atom. The first-order valence-corrected chi connectivity index (χ1v) is 14.3. The average Bonchev–Trinajstić information content (AvgIpc) is 3.39. The van der Waals surface area contributed by atoms with Crippen molar-refractivity contribution < 1.29 is 38.0 Å². The fraction of sp³-hybridized carbons (Fsp3) is 0.278. The Balaban J connectivity index is 0.000000175. The Kier molecular flexibility index (Phi) is 8.54. The molecule has 2 aliphatic heterocycles. The van der Waals surface area contributed by atoms with Crippen LogP contribution < -0.4 is 18.9 Å². The van der Waals surface area contributed by atoms with Crippen molar-refractivity contribution in [2.75, 3.05) is 14.2 Å². The number of fused-ring (bicyclic) bond motifs is 2. The first-order chi connectivity index (χ1) is 21.0. The van der Waals surface area contributed by atoms with E-state index in [1.165, 1.54) is 0 Å². The van der Waals surface area contributed by atoms with Gasteiger partial charge in [-0.3, -0.25) is 0 Å². The fourth-order valence-electron chi connectivity index (χ4n) is 5.15. The maximum atomic E-state index is 11.9. The molecule has 8 nitrogen and oxygen atoms in total. The summed E-state index contributed by atoms with van der Waals surface area (Å²) >= 11 is 0. The molecule has 0 saturated carbocycles. The third-order valence-electron chi connectivity index (χ3n) is 7.51. The van der Waals surface area contributed by atoms with Gasteiger partial charge in [0.2, 0.25) is 0 Å². The predicted octanol–water partition coefficient (Wildman–Crippen LogP) is 7.36. The molecule has 8 heteroatoms. The lowest BCUT2D eigenvalue weighted by molar-refractivity contribution is 0.00838. The van der Waals surface area contributed by atoms with E-state index in [0.717, 1.165) is 22.3 Å². The normalized spacial score (nSPS) is 15.1. The lowest BCUT2D eigenvalue weighted by Gasteiger charge is -2.19. The van der Waals surface area contributed by atoms with Crippen LogP contribution in [0.25, 0.3) is 0 Å². The van der Waals surface area contributed by atoms with E-state index < -0.39 is 11.2 Å². The minimum atomic E-state index is -0.649. The van der Waals surface area contributed by atoms with Gasteiger partial charge < -0.3 is 28.4 Å². The van der Waals surface area contributed by atoms with Crippen molar-refractivity contribution in [1.82, 2.24) is 0 Å². The summed E-state index contributed by atoms with van der Waals surface area (Å²) in [5.74, 6) is 1.63. The van der Waals surface area contributed by atoms with Crippen LogP contribution in [0, 0.1) is 0 Å². The number of rotatable bonds is 8. The van der Waals surface area contributed by atoms with Gasteiger partial charge in [0.15, 0.2) is 23.0 Å². The number of ether oxygens (including phenoxy) is 6. The lowest BCUT2D eigenvalue weighted by Crippen LogP contribution is -2.16. The molecule has 228 valence electrons.